The molecule has 0 aliphatic heterocycles. The van der Waals surface area contributed by atoms with Gasteiger partial charge in [0.25, 0.3) is 0 Å². The van der Waals surface area contributed by atoms with E-state index < -0.39 is 0 Å². The molecule has 0 spiro atoms. The third-order valence-corrected chi connectivity index (χ3v) is 3.90. The van der Waals surface area contributed by atoms with Crippen molar-refractivity contribution < 1.29 is 0 Å². The summed E-state index contributed by atoms with van der Waals surface area (Å²) in [4.78, 5) is 0. The molecule has 3 nitrogen and oxygen atoms in total. The van der Waals surface area contributed by atoms with Crippen molar-refractivity contribution in [1.82, 2.24) is 10.2 Å². The third-order valence-electron chi connectivity index (χ3n) is 3.56. The first-order valence-corrected chi connectivity index (χ1v) is 7.22. The van der Waals surface area contributed by atoms with Crippen molar-refractivity contribution in [3.05, 3.63) is 76.9 Å². The molecule has 0 aliphatic rings. The lowest BCUT2D eigenvalue weighted by atomic mass is 9.95. The number of rotatable bonds is 4. The molecule has 1 atom stereocenters. The Morgan fingerprint density at radius 2 is 1.76 bits per heavy atom. The maximum Gasteiger partial charge on any atom is 0.0923 e. The number of nitrogens with two attached hydrogens (primary N) is 1. The number of hydrogen-bond donors (Lipinski definition) is 2. The fourth-order valence-electron chi connectivity index (χ4n) is 2.45. The molecule has 4 heteroatoms. The highest BCUT2D eigenvalue weighted by molar-refractivity contribution is 6.31. The zero-order valence-corrected chi connectivity index (χ0v) is 12.2. The Bertz CT molecular complexity index is 722. The summed E-state index contributed by atoms with van der Waals surface area (Å²) in [5.41, 5.74) is 9.93. The van der Waals surface area contributed by atoms with Gasteiger partial charge in [-0.1, -0.05) is 60.1 Å². The summed E-state index contributed by atoms with van der Waals surface area (Å²) >= 11 is 6.28. The molecule has 1 aromatic heterocycles. The fourth-order valence-corrected chi connectivity index (χ4v) is 2.72. The largest absolute Gasteiger partial charge is 0.329 e. The van der Waals surface area contributed by atoms with Crippen LogP contribution in [0.4, 0.5) is 0 Å². The second-order valence-corrected chi connectivity index (χ2v) is 5.29. The molecule has 3 aromatic rings. The summed E-state index contributed by atoms with van der Waals surface area (Å²) in [5, 5.41) is 8.20. The van der Waals surface area contributed by atoms with Gasteiger partial charge in [0.05, 0.1) is 5.69 Å². The molecule has 21 heavy (non-hydrogen) atoms. The average molecular weight is 298 g/mol. The third kappa shape index (κ3) is 2.84. The second-order valence-electron chi connectivity index (χ2n) is 4.88. The molecule has 0 fully saturated rings. The number of nitrogens with one attached hydrogen (secondary N) is 1. The van der Waals surface area contributed by atoms with Gasteiger partial charge in [-0.25, -0.2) is 0 Å². The van der Waals surface area contributed by atoms with Crippen LogP contribution in [0.2, 0.25) is 5.02 Å². The minimum Gasteiger partial charge on any atom is -0.329 e. The molecule has 0 bridgehead atoms. The van der Waals surface area contributed by atoms with Crippen LogP contribution in [0.25, 0.3) is 11.3 Å². The van der Waals surface area contributed by atoms with Crippen LogP contribution in [-0.4, -0.2) is 16.7 Å². The zero-order valence-electron chi connectivity index (χ0n) is 11.5. The lowest BCUT2D eigenvalue weighted by Gasteiger charge is -2.14. The predicted octanol–water partition coefficient (Wildman–Crippen LogP) is 3.82. The molecule has 0 saturated heterocycles. The number of aromatic nitrogens is 2. The molecule has 1 unspecified atom stereocenters. The van der Waals surface area contributed by atoms with E-state index in [0.29, 0.717) is 6.54 Å². The lowest BCUT2D eigenvalue weighted by molar-refractivity contribution is 0.779. The lowest BCUT2D eigenvalue weighted by Crippen LogP contribution is -2.14. The van der Waals surface area contributed by atoms with Crippen LogP contribution in [-0.2, 0) is 0 Å². The summed E-state index contributed by atoms with van der Waals surface area (Å²) < 4.78 is 0. The van der Waals surface area contributed by atoms with E-state index in [1.165, 1.54) is 0 Å². The van der Waals surface area contributed by atoms with Crippen molar-refractivity contribution in [2.45, 2.75) is 5.92 Å². The molecule has 0 radical (unpaired) electrons. The number of H-pyrrole nitrogens is 1. The molecule has 0 amide bonds. The second kappa shape index (κ2) is 6.12. The van der Waals surface area contributed by atoms with E-state index in [2.05, 4.69) is 10.2 Å². The van der Waals surface area contributed by atoms with Gasteiger partial charge in [0, 0.05) is 28.7 Å². The maximum atomic E-state index is 6.28. The molecule has 106 valence electrons. The topological polar surface area (TPSA) is 54.7 Å². The highest BCUT2D eigenvalue weighted by Gasteiger charge is 2.18. The molecule has 2 aromatic carbocycles. The quantitative estimate of drug-likeness (QED) is 0.769. The summed E-state index contributed by atoms with van der Waals surface area (Å²) in [6.07, 6.45) is 0. The molecule has 0 aliphatic carbocycles. The van der Waals surface area contributed by atoms with Crippen molar-refractivity contribution in [2.75, 3.05) is 6.54 Å². The summed E-state index contributed by atoms with van der Waals surface area (Å²) in [7, 11) is 0. The van der Waals surface area contributed by atoms with Crippen molar-refractivity contribution in [3.8, 4) is 11.3 Å². The van der Waals surface area contributed by atoms with E-state index in [4.69, 9.17) is 17.3 Å². The Labute approximate surface area is 128 Å². The first-order chi connectivity index (χ1) is 10.3. The van der Waals surface area contributed by atoms with Crippen molar-refractivity contribution in [2.24, 2.45) is 5.73 Å². The van der Waals surface area contributed by atoms with E-state index in [0.717, 1.165) is 27.5 Å². The predicted molar refractivity (Wildman–Crippen MR) is 86.4 cm³/mol. The minimum atomic E-state index is 0.0173. The van der Waals surface area contributed by atoms with Crippen LogP contribution >= 0.6 is 11.6 Å². The SMILES string of the molecule is NCC(c1cc(-c2ccccc2)n[nH]1)c1ccccc1Cl. The van der Waals surface area contributed by atoms with Gasteiger partial charge in [-0.3, -0.25) is 5.10 Å². The van der Waals surface area contributed by atoms with E-state index in [1.54, 1.807) is 0 Å². The van der Waals surface area contributed by atoms with Crippen LogP contribution in [0, 0.1) is 0 Å². The first-order valence-electron chi connectivity index (χ1n) is 6.85. The maximum absolute atomic E-state index is 6.28. The highest BCUT2D eigenvalue weighted by atomic mass is 35.5. The minimum absolute atomic E-state index is 0.0173. The van der Waals surface area contributed by atoms with Gasteiger partial charge < -0.3 is 5.73 Å². The Balaban J connectivity index is 1.96. The van der Waals surface area contributed by atoms with Crippen LogP contribution in [0.3, 0.4) is 0 Å². The van der Waals surface area contributed by atoms with Gasteiger partial charge in [-0.05, 0) is 17.7 Å². The molecule has 0 saturated carbocycles. The molecular weight excluding hydrogens is 282 g/mol. The summed E-state index contributed by atoms with van der Waals surface area (Å²) in [6, 6.07) is 19.9. The first kappa shape index (κ1) is 13.9. The van der Waals surface area contributed by atoms with E-state index in [9.17, 15) is 0 Å². The van der Waals surface area contributed by atoms with E-state index in [1.807, 2.05) is 60.7 Å². The monoisotopic (exact) mass is 297 g/mol. The van der Waals surface area contributed by atoms with Crippen molar-refractivity contribution in [3.63, 3.8) is 0 Å². The van der Waals surface area contributed by atoms with Crippen LogP contribution < -0.4 is 5.73 Å². The molecule has 3 rings (SSSR count). The molecule has 1 heterocycles. The van der Waals surface area contributed by atoms with Gasteiger partial charge in [-0.15, -0.1) is 0 Å². The Kier molecular flexibility index (Phi) is 4.04. The number of hydrogen-bond acceptors (Lipinski definition) is 2. The van der Waals surface area contributed by atoms with Gasteiger partial charge in [0.1, 0.15) is 0 Å². The zero-order chi connectivity index (χ0) is 14.7. The van der Waals surface area contributed by atoms with Crippen LogP contribution in [0.1, 0.15) is 17.2 Å². The molecule has 3 N–H and O–H groups in total. The average Bonchev–Trinajstić information content (AvgIpc) is 3.00. The Morgan fingerprint density at radius 1 is 1.05 bits per heavy atom. The van der Waals surface area contributed by atoms with Crippen LogP contribution in [0.15, 0.2) is 60.7 Å². The van der Waals surface area contributed by atoms with Gasteiger partial charge in [0.2, 0.25) is 0 Å². The highest BCUT2D eigenvalue weighted by Crippen LogP contribution is 2.30. The number of aromatic amines is 1. The van der Waals surface area contributed by atoms with Gasteiger partial charge in [-0.2, -0.15) is 5.10 Å². The number of nitrogens with zero attached hydrogens (tertiary/aromatic N) is 1. The number of halogens is 1. The smallest absolute Gasteiger partial charge is 0.0923 e. The van der Waals surface area contributed by atoms with Gasteiger partial charge >= 0.3 is 0 Å². The Hall–Kier alpha value is -2.10. The van der Waals surface area contributed by atoms with Crippen LogP contribution in [0.5, 0.6) is 0 Å². The number of benzene rings is 2. The van der Waals surface area contributed by atoms with Crippen molar-refractivity contribution in [1.29, 1.82) is 0 Å². The molecular formula is C17H16ClN3. The summed E-state index contributed by atoms with van der Waals surface area (Å²) in [5.74, 6) is 0.0173. The fraction of sp³-hybridized carbons (Fsp3) is 0.118. The van der Waals surface area contributed by atoms with Crippen molar-refractivity contribution >= 4 is 11.6 Å². The summed E-state index contributed by atoms with van der Waals surface area (Å²) in [6.45, 7) is 0.472. The van der Waals surface area contributed by atoms with E-state index in [-0.39, 0.29) is 5.92 Å². The Morgan fingerprint density at radius 3 is 2.48 bits per heavy atom. The standard InChI is InChI=1S/C17H16ClN3/c18-15-9-5-4-8-13(15)14(11-19)17-10-16(20-21-17)12-6-2-1-3-7-12/h1-10,14H,11,19H2,(H,20,21). The van der Waals surface area contributed by atoms with E-state index >= 15 is 0 Å². The van der Waals surface area contributed by atoms with Gasteiger partial charge in [0.15, 0.2) is 0 Å². The normalized spacial score (nSPS) is 12.3.